The number of aromatic nitrogens is 1. The van der Waals surface area contributed by atoms with E-state index in [1.807, 2.05) is 13.2 Å². The summed E-state index contributed by atoms with van der Waals surface area (Å²) in [5.41, 5.74) is 1.17. The smallest absolute Gasteiger partial charge is 0.191 e. The Balaban J connectivity index is 0.00000182. The second-order valence-corrected chi connectivity index (χ2v) is 7.00. The molecule has 3 aliphatic rings. The van der Waals surface area contributed by atoms with Crippen LogP contribution in [0.1, 0.15) is 37.7 Å². The molecule has 3 atom stereocenters. The van der Waals surface area contributed by atoms with Crippen molar-refractivity contribution in [1.29, 1.82) is 0 Å². The maximum atomic E-state index is 5.89. The lowest BCUT2D eigenvalue weighted by Gasteiger charge is -2.22. The first kappa shape index (κ1) is 18.7. The van der Waals surface area contributed by atoms with Crippen LogP contribution in [0.2, 0.25) is 0 Å². The fourth-order valence-corrected chi connectivity index (χ4v) is 4.00. The lowest BCUT2D eigenvalue weighted by molar-refractivity contribution is 0.0992. The quantitative estimate of drug-likeness (QED) is 0.413. The summed E-state index contributed by atoms with van der Waals surface area (Å²) >= 11 is 0. The van der Waals surface area contributed by atoms with Gasteiger partial charge in [0.05, 0.1) is 18.2 Å². The number of fused-ring (bicyclic) bond motifs is 2. The van der Waals surface area contributed by atoms with E-state index >= 15 is 0 Å². The van der Waals surface area contributed by atoms with Crippen molar-refractivity contribution in [3.8, 4) is 0 Å². The summed E-state index contributed by atoms with van der Waals surface area (Å²) in [6.07, 6.45) is 8.80. The molecule has 0 amide bonds. The molecule has 2 bridgehead atoms. The van der Waals surface area contributed by atoms with E-state index in [1.54, 1.807) is 0 Å². The van der Waals surface area contributed by atoms with Crippen molar-refractivity contribution in [2.24, 2.45) is 4.99 Å². The minimum atomic E-state index is 0. The number of hydrogen-bond donors (Lipinski definition) is 2. The average molecular weight is 457 g/mol. The van der Waals surface area contributed by atoms with E-state index in [0.717, 1.165) is 37.8 Å². The van der Waals surface area contributed by atoms with Crippen LogP contribution in [0.4, 0.5) is 5.82 Å². The molecular formula is C18H28IN5O. The molecule has 7 heteroatoms. The van der Waals surface area contributed by atoms with Gasteiger partial charge in [-0.15, -0.1) is 24.0 Å². The van der Waals surface area contributed by atoms with Crippen molar-refractivity contribution in [2.75, 3.05) is 25.0 Å². The number of guanidine groups is 1. The van der Waals surface area contributed by atoms with Crippen LogP contribution in [-0.4, -0.2) is 49.3 Å². The van der Waals surface area contributed by atoms with Crippen LogP contribution < -0.4 is 15.5 Å². The summed E-state index contributed by atoms with van der Waals surface area (Å²) in [6.45, 7) is 2.99. The number of rotatable bonds is 4. The summed E-state index contributed by atoms with van der Waals surface area (Å²) in [4.78, 5) is 11.3. The van der Waals surface area contributed by atoms with Crippen LogP contribution in [0.25, 0.3) is 0 Å². The average Bonchev–Trinajstić information content (AvgIpc) is 3.36. The van der Waals surface area contributed by atoms with E-state index in [9.17, 15) is 0 Å². The maximum absolute atomic E-state index is 5.89. The third-order valence-corrected chi connectivity index (χ3v) is 5.35. The molecule has 2 N–H and O–H groups in total. The topological polar surface area (TPSA) is 61.8 Å². The molecule has 3 fully saturated rings. The Morgan fingerprint density at radius 1 is 1.32 bits per heavy atom. The Labute approximate surface area is 166 Å². The normalized spacial score (nSPS) is 28.1. The Morgan fingerprint density at radius 2 is 2.16 bits per heavy atom. The molecule has 3 saturated heterocycles. The predicted molar refractivity (Wildman–Crippen MR) is 111 cm³/mol. The number of pyridine rings is 1. The minimum Gasteiger partial charge on any atom is -0.373 e. The molecular weight excluding hydrogens is 429 g/mol. The van der Waals surface area contributed by atoms with Crippen LogP contribution in [0.15, 0.2) is 23.3 Å². The number of halogens is 1. The highest BCUT2D eigenvalue weighted by Crippen LogP contribution is 2.34. The molecule has 25 heavy (non-hydrogen) atoms. The molecule has 0 aromatic carbocycles. The zero-order valence-corrected chi connectivity index (χ0v) is 17.1. The Kier molecular flexibility index (Phi) is 6.38. The van der Waals surface area contributed by atoms with Gasteiger partial charge in [-0.2, -0.15) is 0 Å². The highest BCUT2D eigenvalue weighted by atomic mass is 127. The molecule has 0 aliphatic carbocycles. The molecule has 6 nitrogen and oxygen atoms in total. The van der Waals surface area contributed by atoms with E-state index in [1.165, 1.54) is 31.2 Å². The minimum absolute atomic E-state index is 0. The zero-order chi connectivity index (χ0) is 16.4. The SMILES string of the molecule is CN=C(NCc1ccc(N2CCCC2)nc1)NC1CC2CCC1O2.I. The Hall–Kier alpha value is -1.09. The van der Waals surface area contributed by atoms with Crippen LogP contribution in [0.5, 0.6) is 0 Å². The summed E-state index contributed by atoms with van der Waals surface area (Å²) in [5.74, 6) is 1.94. The van der Waals surface area contributed by atoms with Crippen LogP contribution in [-0.2, 0) is 11.3 Å². The number of ether oxygens (including phenoxy) is 1. The van der Waals surface area contributed by atoms with Gasteiger partial charge in [0.1, 0.15) is 5.82 Å². The van der Waals surface area contributed by atoms with Crippen molar-refractivity contribution < 1.29 is 4.74 Å². The standard InChI is InChI=1S/C18H27N5O.HI/c1-19-18(22-15-10-14-5-6-16(15)24-14)21-12-13-4-7-17(20-11-13)23-8-2-3-9-23;/h4,7,11,14-16H,2-3,5-6,8-10,12H2,1H3,(H2,19,21,22);1H. The van der Waals surface area contributed by atoms with Gasteiger partial charge in [0.15, 0.2) is 5.96 Å². The van der Waals surface area contributed by atoms with E-state index in [4.69, 9.17) is 4.74 Å². The zero-order valence-electron chi connectivity index (χ0n) is 14.8. The van der Waals surface area contributed by atoms with Gasteiger partial charge in [-0.3, -0.25) is 4.99 Å². The number of aliphatic imine (C=N–C) groups is 1. The van der Waals surface area contributed by atoms with Gasteiger partial charge in [-0.1, -0.05) is 6.07 Å². The first-order chi connectivity index (χ1) is 11.8. The van der Waals surface area contributed by atoms with Crippen molar-refractivity contribution in [3.05, 3.63) is 23.9 Å². The maximum Gasteiger partial charge on any atom is 0.191 e. The summed E-state index contributed by atoms with van der Waals surface area (Å²) in [5, 5.41) is 6.90. The van der Waals surface area contributed by atoms with Crippen LogP contribution >= 0.6 is 24.0 Å². The van der Waals surface area contributed by atoms with Crippen LogP contribution in [0.3, 0.4) is 0 Å². The molecule has 4 heterocycles. The lowest BCUT2D eigenvalue weighted by Crippen LogP contribution is -2.47. The molecule has 4 rings (SSSR count). The molecule has 0 saturated carbocycles. The van der Waals surface area contributed by atoms with Crippen LogP contribution in [0, 0.1) is 0 Å². The van der Waals surface area contributed by atoms with Gasteiger partial charge < -0.3 is 20.3 Å². The molecule has 138 valence electrons. The van der Waals surface area contributed by atoms with Crippen molar-refractivity contribution in [3.63, 3.8) is 0 Å². The molecule has 1 aromatic heterocycles. The summed E-state index contributed by atoms with van der Waals surface area (Å²) in [6, 6.07) is 4.68. The van der Waals surface area contributed by atoms with Gasteiger partial charge in [0.25, 0.3) is 0 Å². The van der Waals surface area contributed by atoms with E-state index in [0.29, 0.717) is 18.2 Å². The number of hydrogen-bond acceptors (Lipinski definition) is 4. The molecule has 0 radical (unpaired) electrons. The Morgan fingerprint density at radius 3 is 2.76 bits per heavy atom. The van der Waals surface area contributed by atoms with E-state index < -0.39 is 0 Å². The van der Waals surface area contributed by atoms with E-state index in [-0.39, 0.29) is 24.0 Å². The highest BCUT2D eigenvalue weighted by Gasteiger charge is 2.41. The van der Waals surface area contributed by atoms with Gasteiger partial charge >= 0.3 is 0 Å². The third-order valence-electron chi connectivity index (χ3n) is 5.35. The number of nitrogens with zero attached hydrogens (tertiary/aromatic N) is 3. The second-order valence-electron chi connectivity index (χ2n) is 7.00. The third kappa shape index (κ3) is 4.36. The summed E-state index contributed by atoms with van der Waals surface area (Å²) in [7, 11) is 1.82. The van der Waals surface area contributed by atoms with Crippen molar-refractivity contribution in [2.45, 2.75) is 56.9 Å². The molecule has 0 spiro atoms. The monoisotopic (exact) mass is 457 g/mol. The molecule has 1 aromatic rings. The Bertz CT molecular complexity index is 588. The number of anilines is 1. The fourth-order valence-electron chi connectivity index (χ4n) is 4.00. The van der Waals surface area contributed by atoms with E-state index in [2.05, 4.69) is 37.6 Å². The molecule has 3 aliphatic heterocycles. The largest absolute Gasteiger partial charge is 0.373 e. The number of nitrogens with one attached hydrogen (secondary N) is 2. The van der Waals surface area contributed by atoms with Gasteiger partial charge in [-0.25, -0.2) is 4.98 Å². The lowest BCUT2D eigenvalue weighted by atomic mass is 9.96. The highest BCUT2D eigenvalue weighted by molar-refractivity contribution is 14.0. The van der Waals surface area contributed by atoms with Crippen molar-refractivity contribution in [1.82, 2.24) is 15.6 Å². The predicted octanol–water partition coefficient (Wildman–Crippen LogP) is 2.28. The fraction of sp³-hybridized carbons (Fsp3) is 0.667. The summed E-state index contributed by atoms with van der Waals surface area (Å²) < 4.78 is 5.89. The van der Waals surface area contributed by atoms with Crippen molar-refractivity contribution >= 4 is 35.8 Å². The van der Waals surface area contributed by atoms with Gasteiger partial charge in [0.2, 0.25) is 0 Å². The first-order valence-corrected chi connectivity index (χ1v) is 9.14. The molecule has 3 unspecified atom stereocenters. The second kappa shape index (κ2) is 8.53. The van der Waals surface area contributed by atoms with Gasteiger partial charge in [-0.05, 0) is 43.7 Å². The first-order valence-electron chi connectivity index (χ1n) is 9.14. The van der Waals surface area contributed by atoms with Gasteiger partial charge in [0, 0.05) is 32.9 Å².